The normalized spacial score (nSPS) is 9.81. The SMILES string of the molecule is COc1ccc(CNc2ccc(C#N)cc2OC)cc1F. The average molecular weight is 286 g/mol. The molecule has 0 aliphatic rings. The molecule has 21 heavy (non-hydrogen) atoms. The van der Waals surface area contributed by atoms with Gasteiger partial charge in [-0.05, 0) is 29.8 Å². The number of anilines is 1. The Labute approximate surface area is 122 Å². The van der Waals surface area contributed by atoms with Gasteiger partial charge in [0.15, 0.2) is 11.6 Å². The van der Waals surface area contributed by atoms with E-state index in [-0.39, 0.29) is 5.75 Å². The summed E-state index contributed by atoms with van der Waals surface area (Å²) >= 11 is 0. The number of ether oxygens (including phenoxy) is 2. The highest BCUT2D eigenvalue weighted by atomic mass is 19.1. The molecule has 0 aliphatic heterocycles. The van der Waals surface area contributed by atoms with E-state index in [1.807, 2.05) is 0 Å². The maximum Gasteiger partial charge on any atom is 0.165 e. The van der Waals surface area contributed by atoms with Crippen molar-refractivity contribution in [1.29, 1.82) is 5.26 Å². The van der Waals surface area contributed by atoms with Crippen LogP contribution in [0, 0.1) is 17.1 Å². The second kappa shape index (κ2) is 6.62. The molecule has 0 radical (unpaired) electrons. The fourth-order valence-corrected chi connectivity index (χ4v) is 1.92. The van der Waals surface area contributed by atoms with Gasteiger partial charge in [-0.25, -0.2) is 4.39 Å². The molecule has 0 aromatic heterocycles. The van der Waals surface area contributed by atoms with Crippen LogP contribution in [0.3, 0.4) is 0 Å². The minimum Gasteiger partial charge on any atom is -0.495 e. The molecule has 0 saturated heterocycles. The molecule has 5 heteroatoms. The lowest BCUT2D eigenvalue weighted by Crippen LogP contribution is -2.02. The van der Waals surface area contributed by atoms with Crippen LogP contribution in [-0.4, -0.2) is 14.2 Å². The molecule has 0 amide bonds. The number of hydrogen-bond donors (Lipinski definition) is 1. The molecule has 2 rings (SSSR count). The number of nitriles is 1. The van der Waals surface area contributed by atoms with Crippen molar-refractivity contribution in [2.45, 2.75) is 6.54 Å². The smallest absolute Gasteiger partial charge is 0.165 e. The zero-order valence-corrected chi connectivity index (χ0v) is 11.8. The van der Waals surface area contributed by atoms with E-state index in [2.05, 4.69) is 11.4 Å². The van der Waals surface area contributed by atoms with Crippen LogP contribution < -0.4 is 14.8 Å². The zero-order chi connectivity index (χ0) is 15.2. The summed E-state index contributed by atoms with van der Waals surface area (Å²) in [5.41, 5.74) is 2.04. The molecule has 108 valence electrons. The van der Waals surface area contributed by atoms with Crippen LogP contribution in [0.4, 0.5) is 10.1 Å². The molecule has 2 aromatic carbocycles. The Hall–Kier alpha value is -2.74. The number of halogens is 1. The molecule has 1 N–H and O–H groups in total. The van der Waals surface area contributed by atoms with E-state index < -0.39 is 5.82 Å². The molecule has 2 aromatic rings. The number of rotatable bonds is 5. The minimum absolute atomic E-state index is 0.217. The van der Waals surface area contributed by atoms with Crippen molar-refractivity contribution in [1.82, 2.24) is 0 Å². The van der Waals surface area contributed by atoms with Crippen LogP contribution in [0.25, 0.3) is 0 Å². The van der Waals surface area contributed by atoms with Gasteiger partial charge in [0.2, 0.25) is 0 Å². The summed E-state index contributed by atoms with van der Waals surface area (Å²) < 4.78 is 23.7. The Bertz CT molecular complexity index is 680. The van der Waals surface area contributed by atoms with Gasteiger partial charge in [0.05, 0.1) is 31.5 Å². The molecule has 0 atom stereocenters. The van der Waals surface area contributed by atoms with Crippen LogP contribution in [0.5, 0.6) is 11.5 Å². The molecular formula is C16H15FN2O2. The summed E-state index contributed by atoms with van der Waals surface area (Å²) in [4.78, 5) is 0. The maximum absolute atomic E-state index is 13.6. The fourth-order valence-electron chi connectivity index (χ4n) is 1.92. The topological polar surface area (TPSA) is 54.3 Å². The fraction of sp³-hybridized carbons (Fsp3) is 0.188. The number of methoxy groups -OCH3 is 2. The number of benzene rings is 2. The summed E-state index contributed by atoms with van der Waals surface area (Å²) in [7, 11) is 2.96. The molecular weight excluding hydrogens is 271 g/mol. The van der Waals surface area contributed by atoms with Gasteiger partial charge in [-0.15, -0.1) is 0 Å². The minimum atomic E-state index is -0.399. The van der Waals surface area contributed by atoms with Crippen molar-refractivity contribution < 1.29 is 13.9 Å². The largest absolute Gasteiger partial charge is 0.495 e. The molecule has 0 aliphatic carbocycles. The van der Waals surface area contributed by atoms with Crippen LogP contribution in [-0.2, 0) is 6.54 Å². The lowest BCUT2D eigenvalue weighted by Gasteiger charge is -2.12. The van der Waals surface area contributed by atoms with Crippen molar-refractivity contribution in [3.05, 3.63) is 53.3 Å². The molecule has 0 bridgehead atoms. The Morgan fingerprint density at radius 2 is 1.86 bits per heavy atom. The molecule has 4 nitrogen and oxygen atoms in total. The molecule has 0 heterocycles. The van der Waals surface area contributed by atoms with Gasteiger partial charge in [-0.3, -0.25) is 0 Å². The van der Waals surface area contributed by atoms with Gasteiger partial charge in [0.1, 0.15) is 5.75 Å². The highest BCUT2D eigenvalue weighted by Crippen LogP contribution is 2.26. The third-order valence-electron chi connectivity index (χ3n) is 3.03. The van der Waals surface area contributed by atoms with E-state index in [1.165, 1.54) is 20.3 Å². The highest BCUT2D eigenvalue weighted by molar-refractivity contribution is 5.59. The van der Waals surface area contributed by atoms with Gasteiger partial charge in [-0.1, -0.05) is 6.07 Å². The Balaban J connectivity index is 2.13. The van der Waals surface area contributed by atoms with Crippen LogP contribution in [0.2, 0.25) is 0 Å². The quantitative estimate of drug-likeness (QED) is 0.916. The monoisotopic (exact) mass is 286 g/mol. The predicted octanol–water partition coefficient (Wildman–Crippen LogP) is 3.33. The third kappa shape index (κ3) is 3.42. The van der Waals surface area contributed by atoms with Crippen molar-refractivity contribution in [2.75, 3.05) is 19.5 Å². The first kappa shape index (κ1) is 14.7. The highest BCUT2D eigenvalue weighted by Gasteiger charge is 2.06. The van der Waals surface area contributed by atoms with E-state index in [4.69, 9.17) is 14.7 Å². The van der Waals surface area contributed by atoms with E-state index >= 15 is 0 Å². The number of nitrogens with one attached hydrogen (secondary N) is 1. The van der Waals surface area contributed by atoms with Gasteiger partial charge >= 0.3 is 0 Å². The summed E-state index contributed by atoms with van der Waals surface area (Å²) in [6.07, 6.45) is 0. The number of hydrogen-bond acceptors (Lipinski definition) is 4. The van der Waals surface area contributed by atoms with Gasteiger partial charge in [-0.2, -0.15) is 5.26 Å². The van der Waals surface area contributed by atoms with E-state index in [0.29, 0.717) is 17.9 Å². The lowest BCUT2D eigenvalue weighted by atomic mass is 10.1. The van der Waals surface area contributed by atoms with Gasteiger partial charge in [0, 0.05) is 12.6 Å². The van der Waals surface area contributed by atoms with E-state index in [0.717, 1.165) is 11.3 Å². The maximum atomic E-state index is 13.6. The summed E-state index contributed by atoms with van der Waals surface area (Å²) in [6, 6.07) is 11.9. The molecule has 0 spiro atoms. The van der Waals surface area contributed by atoms with Gasteiger partial charge < -0.3 is 14.8 Å². The second-order valence-electron chi connectivity index (χ2n) is 4.35. The van der Waals surface area contributed by atoms with Gasteiger partial charge in [0.25, 0.3) is 0 Å². The zero-order valence-electron chi connectivity index (χ0n) is 11.8. The molecule has 0 unspecified atom stereocenters. The molecule has 0 fully saturated rings. The predicted molar refractivity (Wildman–Crippen MR) is 78.0 cm³/mol. The van der Waals surface area contributed by atoms with E-state index in [9.17, 15) is 4.39 Å². The van der Waals surface area contributed by atoms with Crippen molar-refractivity contribution >= 4 is 5.69 Å². The first-order valence-electron chi connectivity index (χ1n) is 6.32. The first-order valence-corrected chi connectivity index (χ1v) is 6.32. The van der Waals surface area contributed by atoms with Crippen LogP contribution in [0.1, 0.15) is 11.1 Å². The van der Waals surface area contributed by atoms with Crippen molar-refractivity contribution in [3.8, 4) is 17.6 Å². The average Bonchev–Trinajstić information content (AvgIpc) is 2.52. The first-order chi connectivity index (χ1) is 10.2. The Morgan fingerprint density at radius 1 is 1.10 bits per heavy atom. The number of nitrogens with zero attached hydrogens (tertiary/aromatic N) is 1. The van der Waals surface area contributed by atoms with Crippen molar-refractivity contribution in [2.24, 2.45) is 0 Å². The van der Waals surface area contributed by atoms with Crippen molar-refractivity contribution in [3.63, 3.8) is 0 Å². The third-order valence-corrected chi connectivity index (χ3v) is 3.03. The second-order valence-corrected chi connectivity index (χ2v) is 4.35. The Kier molecular flexibility index (Phi) is 4.62. The van der Waals surface area contributed by atoms with E-state index in [1.54, 1.807) is 30.3 Å². The molecule has 0 saturated carbocycles. The lowest BCUT2D eigenvalue weighted by molar-refractivity contribution is 0.386. The summed E-state index contributed by atoms with van der Waals surface area (Å²) in [5.74, 6) is 0.390. The summed E-state index contributed by atoms with van der Waals surface area (Å²) in [5, 5.41) is 12.0. The summed E-state index contributed by atoms with van der Waals surface area (Å²) in [6.45, 7) is 0.434. The standard InChI is InChI=1S/C16H15FN2O2/c1-20-15-6-4-12(7-13(15)17)10-19-14-5-3-11(9-18)8-16(14)21-2/h3-8,19H,10H2,1-2H3. The van der Waals surface area contributed by atoms with Crippen LogP contribution >= 0.6 is 0 Å². The van der Waals surface area contributed by atoms with Crippen LogP contribution in [0.15, 0.2) is 36.4 Å². The Morgan fingerprint density at radius 3 is 2.48 bits per heavy atom.